The van der Waals surface area contributed by atoms with Gasteiger partial charge >= 0.3 is 0 Å². The van der Waals surface area contributed by atoms with E-state index in [1.165, 1.54) is 11.1 Å². The van der Waals surface area contributed by atoms with Crippen LogP contribution in [0.3, 0.4) is 0 Å². The van der Waals surface area contributed by atoms with Crippen LogP contribution in [0.1, 0.15) is 51.7 Å². The fourth-order valence-electron chi connectivity index (χ4n) is 2.35. The van der Waals surface area contributed by atoms with Crippen LogP contribution in [0.4, 0.5) is 0 Å². The highest BCUT2D eigenvalue weighted by Crippen LogP contribution is 2.21. The summed E-state index contributed by atoms with van der Waals surface area (Å²) in [5.74, 6) is 0. The lowest BCUT2D eigenvalue weighted by molar-refractivity contribution is 0.818. The van der Waals surface area contributed by atoms with E-state index in [0.29, 0.717) is 0 Å². The number of aromatic nitrogens is 1. The van der Waals surface area contributed by atoms with Crippen molar-refractivity contribution < 1.29 is 0 Å². The summed E-state index contributed by atoms with van der Waals surface area (Å²) in [6, 6.07) is 14.5. The van der Waals surface area contributed by atoms with Crippen molar-refractivity contribution in [3.63, 3.8) is 0 Å². The first-order valence-corrected chi connectivity index (χ1v) is 8.64. The van der Waals surface area contributed by atoms with Gasteiger partial charge in [-0.05, 0) is 42.2 Å². The highest BCUT2D eigenvalue weighted by Gasteiger charge is 2.13. The number of rotatable bonds is 2. The number of pyridine rings is 1. The summed E-state index contributed by atoms with van der Waals surface area (Å²) in [6.45, 7) is 8.91. The van der Waals surface area contributed by atoms with E-state index >= 15 is 0 Å². The van der Waals surface area contributed by atoms with Crippen molar-refractivity contribution in [1.29, 1.82) is 0 Å². The second kappa shape index (κ2) is 11.4. The highest BCUT2D eigenvalue weighted by atomic mass is 14.8. The number of hydrogen-bond acceptors (Lipinski definition) is 2. The van der Waals surface area contributed by atoms with E-state index in [2.05, 4.69) is 46.4 Å². The second-order valence-electron chi connectivity index (χ2n) is 4.66. The maximum atomic E-state index is 4.69. The molecule has 122 valence electrons. The molecule has 23 heavy (non-hydrogen) atoms. The van der Waals surface area contributed by atoms with E-state index in [0.717, 1.165) is 30.7 Å². The summed E-state index contributed by atoms with van der Waals surface area (Å²) in [6.07, 6.45) is 8.15. The SMILES string of the molecule is C(=C1/CCCN=C1c1cccnc1)/c1ccccc1.CC.CC. The maximum Gasteiger partial charge on any atom is 0.0694 e. The minimum atomic E-state index is 0.913. The van der Waals surface area contributed by atoms with Crippen LogP contribution in [-0.4, -0.2) is 17.2 Å². The Kier molecular flexibility index (Phi) is 9.30. The van der Waals surface area contributed by atoms with Gasteiger partial charge in [-0.1, -0.05) is 58.0 Å². The number of allylic oxidation sites excluding steroid dienone is 1. The third-order valence-corrected chi connectivity index (χ3v) is 3.25. The summed E-state index contributed by atoms with van der Waals surface area (Å²) in [5, 5.41) is 0. The molecule has 0 bridgehead atoms. The number of benzene rings is 1. The molecule has 0 unspecified atom stereocenters. The molecule has 0 saturated carbocycles. The van der Waals surface area contributed by atoms with Gasteiger partial charge in [0.2, 0.25) is 0 Å². The Hall–Kier alpha value is -2.22. The summed E-state index contributed by atoms with van der Waals surface area (Å²) in [4.78, 5) is 8.88. The van der Waals surface area contributed by atoms with Crippen LogP contribution in [0.25, 0.3) is 6.08 Å². The van der Waals surface area contributed by atoms with E-state index in [-0.39, 0.29) is 0 Å². The van der Waals surface area contributed by atoms with E-state index in [9.17, 15) is 0 Å². The molecule has 0 saturated heterocycles. The second-order valence-corrected chi connectivity index (χ2v) is 4.66. The molecule has 0 aliphatic carbocycles. The molecule has 0 fully saturated rings. The van der Waals surface area contributed by atoms with Crippen LogP contribution >= 0.6 is 0 Å². The lowest BCUT2D eigenvalue weighted by Gasteiger charge is -2.16. The summed E-state index contributed by atoms with van der Waals surface area (Å²) >= 11 is 0. The number of nitrogens with zero attached hydrogens (tertiary/aromatic N) is 2. The van der Waals surface area contributed by atoms with Gasteiger partial charge in [-0.25, -0.2) is 0 Å². The van der Waals surface area contributed by atoms with Crippen LogP contribution < -0.4 is 0 Å². The Morgan fingerprint density at radius 2 is 1.65 bits per heavy atom. The van der Waals surface area contributed by atoms with Crippen LogP contribution in [0.15, 0.2) is 65.4 Å². The molecule has 0 N–H and O–H groups in total. The topological polar surface area (TPSA) is 25.2 Å². The Labute approximate surface area is 141 Å². The van der Waals surface area contributed by atoms with Crippen LogP contribution in [0.2, 0.25) is 0 Å². The molecule has 2 nitrogen and oxygen atoms in total. The Bertz CT molecular complexity index is 598. The van der Waals surface area contributed by atoms with E-state index in [4.69, 9.17) is 0 Å². The molecule has 2 heteroatoms. The van der Waals surface area contributed by atoms with Gasteiger partial charge < -0.3 is 0 Å². The van der Waals surface area contributed by atoms with Crippen LogP contribution in [-0.2, 0) is 0 Å². The lowest BCUT2D eigenvalue weighted by Crippen LogP contribution is -2.11. The molecule has 0 atom stereocenters. The minimum Gasteiger partial charge on any atom is -0.284 e. The third kappa shape index (κ3) is 5.82. The zero-order chi connectivity index (χ0) is 16.9. The van der Waals surface area contributed by atoms with E-state index in [1.807, 2.05) is 46.0 Å². The molecule has 0 spiro atoms. The third-order valence-electron chi connectivity index (χ3n) is 3.25. The molecular formula is C21H28N2. The predicted molar refractivity (Wildman–Crippen MR) is 102 cm³/mol. The number of hydrogen-bond donors (Lipinski definition) is 0. The normalized spacial score (nSPS) is 14.8. The maximum absolute atomic E-state index is 4.69. The fourth-order valence-corrected chi connectivity index (χ4v) is 2.35. The van der Waals surface area contributed by atoms with Crippen molar-refractivity contribution in [2.24, 2.45) is 4.99 Å². The molecule has 2 aromatic rings. The van der Waals surface area contributed by atoms with Gasteiger partial charge in [0, 0.05) is 24.5 Å². The largest absolute Gasteiger partial charge is 0.284 e. The van der Waals surface area contributed by atoms with Gasteiger partial charge in [0.1, 0.15) is 0 Å². The predicted octanol–water partition coefficient (Wildman–Crippen LogP) is 5.80. The molecular weight excluding hydrogens is 280 g/mol. The first kappa shape index (κ1) is 18.8. The first-order chi connectivity index (χ1) is 11.4. The van der Waals surface area contributed by atoms with Gasteiger partial charge in [-0.2, -0.15) is 0 Å². The van der Waals surface area contributed by atoms with Crippen molar-refractivity contribution in [3.05, 3.63) is 71.6 Å². The standard InChI is InChI=1S/C17H16N2.2C2H6/c1-2-6-14(7-3-1)12-15-8-5-11-19-17(15)16-9-4-10-18-13-16;2*1-2/h1-4,6-7,9-10,12-13H,5,8,11H2;2*1-2H3/b15-12+;;. The molecule has 2 heterocycles. The highest BCUT2D eigenvalue weighted by molar-refractivity contribution is 6.15. The molecule has 1 aromatic carbocycles. The molecule has 3 rings (SSSR count). The van der Waals surface area contributed by atoms with Crippen LogP contribution in [0, 0.1) is 0 Å². The molecule has 1 aromatic heterocycles. The summed E-state index contributed by atoms with van der Waals surface area (Å²) in [5.41, 5.74) is 4.76. The summed E-state index contributed by atoms with van der Waals surface area (Å²) in [7, 11) is 0. The van der Waals surface area contributed by atoms with Crippen LogP contribution in [0.5, 0.6) is 0 Å². The van der Waals surface area contributed by atoms with Crippen molar-refractivity contribution in [3.8, 4) is 0 Å². The van der Waals surface area contributed by atoms with Gasteiger partial charge in [-0.3, -0.25) is 9.98 Å². The lowest BCUT2D eigenvalue weighted by atomic mass is 9.95. The van der Waals surface area contributed by atoms with Crippen molar-refractivity contribution in [1.82, 2.24) is 4.98 Å². The Morgan fingerprint density at radius 3 is 2.30 bits per heavy atom. The molecule has 0 amide bonds. The van der Waals surface area contributed by atoms with Gasteiger partial charge in [0.25, 0.3) is 0 Å². The van der Waals surface area contributed by atoms with Crippen molar-refractivity contribution >= 4 is 11.8 Å². The molecule has 0 radical (unpaired) electrons. The minimum absolute atomic E-state index is 0.913. The van der Waals surface area contributed by atoms with Crippen molar-refractivity contribution in [2.75, 3.05) is 6.54 Å². The molecule has 1 aliphatic heterocycles. The Balaban J connectivity index is 0.000000615. The quantitative estimate of drug-likeness (QED) is 0.688. The van der Waals surface area contributed by atoms with E-state index in [1.54, 1.807) is 6.20 Å². The monoisotopic (exact) mass is 308 g/mol. The van der Waals surface area contributed by atoms with Crippen molar-refractivity contribution in [2.45, 2.75) is 40.5 Å². The smallest absolute Gasteiger partial charge is 0.0694 e. The zero-order valence-corrected chi connectivity index (χ0v) is 14.8. The van der Waals surface area contributed by atoms with E-state index < -0.39 is 0 Å². The first-order valence-electron chi connectivity index (χ1n) is 8.64. The number of aliphatic imine (C=N–C) groups is 1. The summed E-state index contributed by atoms with van der Waals surface area (Å²) < 4.78 is 0. The zero-order valence-electron chi connectivity index (χ0n) is 14.8. The van der Waals surface area contributed by atoms with Gasteiger partial charge in [0.05, 0.1) is 5.71 Å². The average Bonchev–Trinajstić information content (AvgIpc) is 2.67. The average molecular weight is 308 g/mol. The van der Waals surface area contributed by atoms with Gasteiger partial charge in [-0.15, -0.1) is 0 Å². The molecule has 1 aliphatic rings. The Morgan fingerprint density at radius 1 is 0.913 bits per heavy atom. The fraction of sp³-hybridized carbons (Fsp3) is 0.333. The van der Waals surface area contributed by atoms with Gasteiger partial charge in [0.15, 0.2) is 0 Å².